The monoisotopic (exact) mass is 371 g/mol. The summed E-state index contributed by atoms with van der Waals surface area (Å²) in [4.78, 5) is 15.7. The molecule has 2 N–H and O–H groups in total. The van der Waals surface area contributed by atoms with Crippen LogP contribution >= 0.6 is 11.6 Å². The lowest BCUT2D eigenvalue weighted by Crippen LogP contribution is -2.49. The molecule has 2 aliphatic heterocycles. The number of hydrogen-bond donors (Lipinski definition) is 2. The zero-order chi connectivity index (χ0) is 18.3. The molecule has 2 unspecified atom stereocenters. The van der Waals surface area contributed by atoms with Gasteiger partial charge in [0.05, 0.1) is 24.0 Å². The number of para-hydroxylation sites is 1. The van der Waals surface area contributed by atoms with Gasteiger partial charge < -0.3 is 20.2 Å². The lowest BCUT2D eigenvalue weighted by molar-refractivity contribution is -0.136. The molecule has 6 heteroatoms. The fourth-order valence-electron chi connectivity index (χ4n) is 4.27. The Kier molecular flexibility index (Phi) is 4.51. The molecule has 4 rings (SSSR count). The van der Waals surface area contributed by atoms with Gasteiger partial charge >= 0.3 is 5.97 Å². The number of aliphatic carboxylic acids is 1. The summed E-state index contributed by atoms with van der Waals surface area (Å²) in [6, 6.07) is 14.5. The lowest BCUT2D eigenvalue weighted by Gasteiger charge is -2.43. The summed E-state index contributed by atoms with van der Waals surface area (Å²) in [5, 5.41) is 13.1. The van der Waals surface area contributed by atoms with Crippen LogP contribution in [0, 0.1) is 0 Å². The van der Waals surface area contributed by atoms with E-state index in [2.05, 4.69) is 46.4 Å². The van der Waals surface area contributed by atoms with Crippen LogP contribution in [0.4, 0.5) is 17.1 Å². The minimum absolute atomic E-state index is 0.0323. The zero-order valence-corrected chi connectivity index (χ0v) is 15.4. The zero-order valence-electron chi connectivity index (χ0n) is 14.7. The fourth-order valence-corrected chi connectivity index (χ4v) is 4.43. The third-order valence-corrected chi connectivity index (χ3v) is 5.61. The van der Waals surface area contributed by atoms with Gasteiger partial charge in [-0.2, -0.15) is 0 Å². The standard InChI is InChI=1S/C20H22ClN3O2/c1-23-16-7-3-2-5-14(16)20-15(22-12-19(25)26)6-4-10-24(20)18-11-13(21)8-9-17(18)23/h2-3,5,7-9,11,15,20,22H,4,6,10,12H2,1H3,(H,25,26). The van der Waals surface area contributed by atoms with Gasteiger partial charge in [0.1, 0.15) is 0 Å². The number of nitrogens with zero attached hydrogens (tertiary/aromatic N) is 2. The average Bonchev–Trinajstić information content (AvgIpc) is 2.74. The van der Waals surface area contributed by atoms with E-state index in [0.717, 1.165) is 36.4 Å². The second kappa shape index (κ2) is 6.82. The topological polar surface area (TPSA) is 55.8 Å². The summed E-state index contributed by atoms with van der Waals surface area (Å²) in [6.45, 7) is 0.890. The lowest BCUT2D eigenvalue weighted by atomic mass is 9.89. The van der Waals surface area contributed by atoms with Crippen LogP contribution < -0.4 is 15.1 Å². The molecule has 0 aliphatic carbocycles. The van der Waals surface area contributed by atoms with E-state index in [1.165, 1.54) is 5.56 Å². The second-order valence-corrected chi connectivity index (χ2v) is 7.35. The van der Waals surface area contributed by atoms with Crippen LogP contribution in [-0.2, 0) is 4.79 Å². The van der Waals surface area contributed by atoms with Crippen molar-refractivity contribution in [3.8, 4) is 0 Å². The van der Waals surface area contributed by atoms with Crippen molar-refractivity contribution in [2.75, 3.05) is 29.9 Å². The maximum absolute atomic E-state index is 11.1. The van der Waals surface area contributed by atoms with E-state index >= 15 is 0 Å². The number of carboxylic acid groups (broad SMARTS) is 1. The molecule has 0 spiro atoms. The van der Waals surface area contributed by atoms with Crippen LogP contribution in [0.5, 0.6) is 0 Å². The first kappa shape index (κ1) is 17.2. The minimum Gasteiger partial charge on any atom is -0.480 e. The number of nitrogens with one attached hydrogen (secondary N) is 1. The van der Waals surface area contributed by atoms with Crippen LogP contribution in [-0.4, -0.2) is 37.3 Å². The van der Waals surface area contributed by atoms with E-state index in [0.29, 0.717) is 5.02 Å². The number of rotatable bonds is 3. The Bertz CT molecular complexity index is 842. The first-order chi connectivity index (χ1) is 12.6. The SMILES string of the molecule is CN1c2ccccc2C2C(NCC(=O)O)CCCN2c2cc(Cl)ccc21. The molecule has 0 bridgehead atoms. The molecule has 2 heterocycles. The van der Waals surface area contributed by atoms with Crippen LogP contribution in [0.25, 0.3) is 0 Å². The number of carboxylic acids is 1. The van der Waals surface area contributed by atoms with Gasteiger partial charge in [0.2, 0.25) is 0 Å². The Labute approximate surface area is 158 Å². The normalized spacial score (nSPS) is 21.5. The van der Waals surface area contributed by atoms with Crippen molar-refractivity contribution < 1.29 is 9.90 Å². The van der Waals surface area contributed by atoms with Gasteiger partial charge in [-0.15, -0.1) is 0 Å². The van der Waals surface area contributed by atoms with Gasteiger partial charge in [0, 0.05) is 30.3 Å². The van der Waals surface area contributed by atoms with E-state index in [-0.39, 0.29) is 18.6 Å². The summed E-state index contributed by atoms with van der Waals surface area (Å²) in [5.41, 5.74) is 4.57. The summed E-state index contributed by atoms with van der Waals surface area (Å²) in [6.07, 6.45) is 1.95. The average molecular weight is 372 g/mol. The summed E-state index contributed by atoms with van der Waals surface area (Å²) in [7, 11) is 2.07. The van der Waals surface area contributed by atoms with Gasteiger partial charge in [-0.1, -0.05) is 29.8 Å². The largest absolute Gasteiger partial charge is 0.480 e. The van der Waals surface area contributed by atoms with Gasteiger partial charge in [-0.05, 0) is 42.7 Å². The van der Waals surface area contributed by atoms with Crippen LogP contribution in [0.3, 0.4) is 0 Å². The first-order valence-corrected chi connectivity index (χ1v) is 9.28. The van der Waals surface area contributed by atoms with Gasteiger partial charge in [0.25, 0.3) is 0 Å². The summed E-state index contributed by atoms with van der Waals surface area (Å²) >= 11 is 6.32. The maximum atomic E-state index is 11.1. The number of halogens is 1. The first-order valence-electron chi connectivity index (χ1n) is 8.90. The van der Waals surface area contributed by atoms with Crippen LogP contribution in [0.15, 0.2) is 42.5 Å². The van der Waals surface area contributed by atoms with E-state index in [1.807, 2.05) is 18.2 Å². The number of hydrogen-bond acceptors (Lipinski definition) is 4. The molecule has 2 aromatic carbocycles. The van der Waals surface area contributed by atoms with Crippen molar-refractivity contribution >= 4 is 34.6 Å². The molecule has 26 heavy (non-hydrogen) atoms. The highest BCUT2D eigenvalue weighted by molar-refractivity contribution is 6.31. The predicted octanol–water partition coefficient (Wildman–Crippen LogP) is 3.81. The molecule has 2 atom stereocenters. The Balaban J connectivity index is 1.87. The quantitative estimate of drug-likeness (QED) is 0.859. The molecule has 1 saturated heterocycles. The van der Waals surface area contributed by atoms with Crippen LogP contribution in [0.1, 0.15) is 24.4 Å². The summed E-state index contributed by atoms with van der Waals surface area (Å²) < 4.78 is 0. The smallest absolute Gasteiger partial charge is 0.317 e. The molecule has 0 amide bonds. The third-order valence-electron chi connectivity index (χ3n) is 5.37. The van der Waals surface area contributed by atoms with E-state index in [1.54, 1.807) is 0 Å². The van der Waals surface area contributed by atoms with E-state index in [9.17, 15) is 4.79 Å². The van der Waals surface area contributed by atoms with Crippen molar-refractivity contribution in [1.82, 2.24) is 5.32 Å². The van der Waals surface area contributed by atoms with Crippen LogP contribution in [0.2, 0.25) is 5.02 Å². The Morgan fingerprint density at radius 1 is 1.23 bits per heavy atom. The molecule has 5 nitrogen and oxygen atoms in total. The molecule has 2 aromatic rings. The number of anilines is 3. The molecule has 1 fully saturated rings. The molecular formula is C20H22ClN3O2. The van der Waals surface area contributed by atoms with Gasteiger partial charge in [-0.25, -0.2) is 0 Å². The molecule has 0 saturated carbocycles. The van der Waals surface area contributed by atoms with Crippen molar-refractivity contribution in [1.29, 1.82) is 0 Å². The molecule has 2 aliphatic rings. The fraction of sp³-hybridized carbons (Fsp3) is 0.350. The highest BCUT2D eigenvalue weighted by Crippen LogP contribution is 2.48. The van der Waals surface area contributed by atoms with Gasteiger partial charge in [0.15, 0.2) is 0 Å². The Hall–Kier alpha value is -2.24. The highest BCUT2D eigenvalue weighted by Gasteiger charge is 2.38. The predicted molar refractivity (Wildman–Crippen MR) is 105 cm³/mol. The molecule has 0 radical (unpaired) electrons. The van der Waals surface area contributed by atoms with E-state index < -0.39 is 5.97 Å². The molecular weight excluding hydrogens is 350 g/mol. The van der Waals surface area contributed by atoms with Crippen molar-refractivity contribution in [3.05, 3.63) is 53.1 Å². The molecule has 136 valence electrons. The van der Waals surface area contributed by atoms with Crippen molar-refractivity contribution in [2.24, 2.45) is 0 Å². The Morgan fingerprint density at radius 3 is 2.85 bits per heavy atom. The number of piperidine rings is 1. The second-order valence-electron chi connectivity index (χ2n) is 6.91. The minimum atomic E-state index is -0.829. The Morgan fingerprint density at radius 2 is 2.04 bits per heavy atom. The maximum Gasteiger partial charge on any atom is 0.317 e. The number of fused-ring (bicyclic) bond motifs is 5. The molecule has 0 aromatic heterocycles. The number of carbonyl (C=O) groups is 1. The summed E-state index contributed by atoms with van der Waals surface area (Å²) in [5.74, 6) is -0.829. The third kappa shape index (κ3) is 2.91. The van der Waals surface area contributed by atoms with E-state index in [4.69, 9.17) is 16.7 Å². The number of benzene rings is 2. The van der Waals surface area contributed by atoms with Crippen molar-refractivity contribution in [3.63, 3.8) is 0 Å². The van der Waals surface area contributed by atoms with Gasteiger partial charge in [-0.3, -0.25) is 4.79 Å². The highest BCUT2D eigenvalue weighted by atomic mass is 35.5. The van der Waals surface area contributed by atoms with Crippen molar-refractivity contribution in [2.45, 2.75) is 24.9 Å².